The van der Waals surface area contributed by atoms with Crippen LogP contribution in [0.3, 0.4) is 0 Å². The van der Waals surface area contributed by atoms with Gasteiger partial charge < -0.3 is 4.57 Å². The van der Waals surface area contributed by atoms with E-state index in [4.69, 9.17) is 0 Å². The molecule has 48 valence electrons. The largest absolute Gasteiger partial charge is 0.342 e. The highest BCUT2D eigenvalue weighted by Gasteiger charge is 1.93. The normalized spacial score (nSPS) is 10.5. The minimum Gasteiger partial charge on any atom is -0.342 e. The molecule has 0 saturated carbocycles. The van der Waals surface area contributed by atoms with Gasteiger partial charge in [0.25, 0.3) is 0 Å². The van der Waals surface area contributed by atoms with Gasteiger partial charge in [-0.3, -0.25) is 0 Å². The number of benzene rings is 1. The zero-order chi connectivity index (χ0) is 6.97. The van der Waals surface area contributed by atoms with E-state index in [-0.39, 0.29) is 0 Å². The molecule has 2 radical (unpaired) electrons. The highest BCUT2D eigenvalue weighted by Crippen LogP contribution is 2.11. The summed E-state index contributed by atoms with van der Waals surface area (Å²) in [5.41, 5.74) is 1.21. The molecular weight excluding hydrogens is 122 g/mol. The van der Waals surface area contributed by atoms with Gasteiger partial charge >= 0.3 is 0 Å². The van der Waals surface area contributed by atoms with Gasteiger partial charge in [-0.05, 0) is 24.3 Å². The fraction of sp³-hybridized carbons (Fsp3) is 0.111. The van der Waals surface area contributed by atoms with E-state index in [0.29, 0.717) is 0 Å². The van der Waals surface area contributed by atoms with Crippen LogP contribution in [-0.2, 0) is 7.05 Å². The van der Waals surface area contributed by atoms with Gasteiger partial charge in [0, 0.05) is 18.0 Å². The fourth-order valence-corrected chi connectivity index (χ4v) is 1.09. The first-order valence-electron chi connectivity index (χ1n) is 3.21. The Balaban J connectivity index is 2.93. The molecule has 0 aliphatic heterocycles. The fourth-order valence-electron chi connectivity index (χ4n) is 1.09. The van der Waals surface area contributed by atoms with Crippen LogP contribution in [0.15, 0.2) is 24.3 Å². The molecule has 1 heterocycles. The Hall–Kier alpha value is -1.24. The molecule has 10 heavy (non-hydrogen) atoms. The van der Waals surface area contributed by atoms with Crippen molar-refractivity contribution in [3.63, 3.8) is 0 Å². The molecule has 1 nitrogen and oxygen atoms in total. The summed E-state index contributed by atoms with van der Waals surface area (Å²) in [6.07, 6.45) is 3.07. The lowest BCUT2D eigenvalue weighted by atomic mass is 10.2. The summed E-state index contributed by atoms with van der Waals surface area (Å²) in [6.45, 7) is 0. The van der Waals surface area contributed by atoms with E-state index >= 15 is 0 Å². The van der Waals surface area contributed by atoms with E-state index in [1.54, 1.807) is 0 Å². The zero-order valence-electron chi connectivity index (χ0n) is 5.76. The summed E-state index contributed by atoms with van der Waals surface area (Å²) in [5, 5.41) is 1.20. The van der Waals surface area contributed by atoms with Crippen LogP contribution in [0.25, 0.3) is 10.9 Å². The highest BCUT2D eigenvalue weighted by molar-refractivity contribution is 5.79. The molecule has 0 amide bonds. The van der Waals surface area contributed by atoms with Gasteiger partial charge in [-0.25, -0.2) is 0 Å². The van der Waals surface area contributed by atoms with E-state index < -0.39 is 0 Å². The van der Waals surface area contributed by atoms with Gasteiger partial charge in [-0.15, -0.1) is 0 Å². The average Bonchev–Trinajstić information content (AvgIpc) is 2.34. The monoisotopic (exact) mass is 129 g/mol. The molecule has 2 rings (SSSR count). The summed E-state index contributed by atoms with van der Waals surface area (Å²) in [5.74, 6) is 0. The molecule has 0 aliphatic rings. The van der Waals surface area contributed by atoms with Crippen LogP contribution in [0.4, 0.5) is 0 Å². The van der Waals surface area contributed by atoms with E-state index in [1.807, 2.05) is 35.9 Å². The number of fused-ring (bicyclic) bond motifs is 1. The minimum absolute atomic E-state index is 1.20. The third-order valence-corrected chi connectivity index (χ3v) is 1.65. The second kappa shape index (κ2) is 1.87. The molecule has 0 bridgehead atoms. The Labute approximate surface area is 59.9 Å². The van der Waals surface area contributed by atoms with Gasteiger partial charge in [0.15, 0.2) is 0 Å². The van der Waals surface area contributed by atoms with Crippen molar-refractivity contribution in [3.8, 4) is 0 Å². The van der Waals surface area contributed by atoms with Crippen LogP contribution in [0, 0.1) is 12.3 Å². The first-order valence-corrected chi connectivity index (χ1v) is 3.21. The van der Waals surface area contributed by atoms with Gasteiger partial charge in [0.05, 0.1) is 6.20 Å². The third-order valence-electron chi connectivity index (χ3n) is 1.65. The SMILES string of the molecule is Cn1[c]cc2c[c]ccc21. The molecule has 1 aromatic carbocycles. The molecule has 0 unspecified atom stereocenters. The lowest BCUT2D eigenvalue weighted by molar-refractivity contribution is 0.960. The maximum Gasteiger partial charge on any atom is 0.0656 e. The van der Waals surface area contributed by atoms with Crippen molar-refractivity contribution in [2.75, 3.05) is 0 Å². The van der Waals surface area contributed by atoms with E-state index in [9.17, 15) is 0 Å². The van der Waals surface area contributed by atoms with E-state index in [0.717, 1.165) is 0 Å². The number of aromatic nitrogens is 1. The smallest absolute Gasteiger partial charge is 0.0656 e. The summed E-state index contributed by atoms with van der Waals surface area (Å²) < 4.78 is 1.98. The van der Waals surface area contributed by atoms with Gasteiger partial charge in [0.1, 0.15) is 0 Å². The molecule has 1 aromatic heterocycles. The van der Waals surface area contributed by atoms with Crippen LogP contribution < -0.4 is 0 Å². The van der Waals surface area contributed by atoms with Crippen molar-refractivity contribution in [2.24, 2.45) is 7.05 Å². The second-order valence-corrected chi connectivity index (χ2v) is 2.32. The second-order valence-electron chi connectivity index (χ2n) is 2.32. The summed E-state index contributed by atoms with van der Waals surface area (Å²) in [7, 11) is 1.99. The Morgan fingerprint density at radius 2 is 2.30 bits per heavy atom. The Morgan fingerprint density at radius 3 is 3.10 bits per heavy atom. The van der Waals surface area contributed by atoms with Crippen molar-refractivity contribution in [2.45, 2.75) is 0 Å². The number of hydrogen-bond donors (Lipinski definition) is 0. The molecule has 1 heteroatoms. The van der Waals surface area contributed by atoms with Crippen LogP contribution in [0.1, 0.15) is 0 Å². The van der Waals surface area contributed by atoms with Crippen molar-refractivity contribution in [1.82, 2.24) is 4.57 Å². The number of rotatable bonds is 0. The maximum atomic E-state index is 3.07. The highest BCUT2D eigenvalue weighted by atomic mass is 14.9. The zero-order valence-corrected chi connectivity index (χ0v) is 5.76. The number of nitrogens with zero attached hydrogens (tertiary/aromatic N) is 1. The first kappa shape index (κ1) is 5.54. The molecule has 0 fully saturated rings. The van der Waals surface area contributed by atoms with Gasteiger partial charge in [0.2, 0.25) is 0 Å². The molecular formula is C9H7N. The minimum atomic E-state index is 1.20. The molecule has 0 spiro atoms. The van der Waals surface area contributed by atoms with Crippen molar-refractivity contribution in [1.29, 1.82) is 0 Å². The summed E-state index contributed by atoms with van der Waals surface area (Å²) in [4.78, 5) is 0. The van der Waals surface area contributed by atoms with Crippen molar-refractivity contribution < 1.29 is 0 Å². The Morgan fingerprint density at radius 1 is 1.40 bits per heavy atom. The van der Waals surface area contributed by atoms with E-state index in [1.165, 1.54) is 10.9 Å². The maximum absolute atomic E-state index is 3.07. The van der Waals surface area contributed by atoms with Crippen LogP contribution in [0.5, 0.6) is 0 Å². The Bertz CT molecular complexity index is 346. The third kappa shape index (κ3) is 0.637. The van der Waals surface area contributed by atoms with Crippen LogP contribution >= 0.6 is 0 Å². The van der Waals surface area contributed by atoms with Crippen LogP contribution in [0.2, 0.25) is 0 Å². The Kier molecular flexibility index (Phi) is 1.04. The topological polar surface area (TPSA) is 4.93 Å². The standard InChI is InChI=1S/C9H7N/c1-10-7-6-8-4-2-3-5-9(8)10/h3-6H,1H3. The predicted molar refractivity (Wildman–Crippen MR) is 40.6 cm³/mol. The average molecular weight is 129 g/mol. The van der Waals surface area contributed by atoms with Gasteiger partial charge in [-0.1, -0.05) is 6.07 Å². The predicted octanol–water partition coefficient (Wildman–Crippen LogP) is 1.78. The van der Waals surface area contributed by atoms with Gasteiger partial charge in [-0.2, -0.15) is 0 Å². The number of aryl methyl sites for hydroxylation is 1. The van der Waals surface area contributed by atoms with Crippen molar-refractivity contribution >= 4 is 10.9 Å². The first-order chi connectivity index (χ1) is 4.88. The molecule has 0 N–H and O–H groups in total. The molecule has 2 aromatic rings. The van der Waals surface area contributed by atoms with E-state index in [2.05, 4.69) is 12.3 Å². The summed E-state index contributed by atoms with van der Waals surface area (Å²) >= 11 is 0. The quantitative estimate of drug-likeness (QED) is 0.511. The van der Waals surface area contributed by atoms with Crippen molar-refractivity contribution in [3.05, 3.63) is 36.5 Å². The molecule has 0 aliphatic carbocycles. The molecule has 0 saturated heterocycles. The molecule has 0 atom stereocenters. The summed E-state index contributed by atoms with van der Waals surface area (Å²) in [6, 6.07) is 10.9. The lowest BCUT2D eigenvalue weighted by Gasteiger charge is -1.91. The van der Waals surface area contributed by atoms with Crippen LogP contribution in [-0.4, -0.2) is 4.57 Å². The number of hydrogen-bond acceptors (Lipinski definition) is 0. The lowest BCUT2D eigenvalue weighted by Crippen LogP contribution is -1.82.